The number of carbonyl (C=O) groups excluding carboxylic acids is 1. The highest BCUT2D eigenvalue weighted by molar-refractivity contribution is 7.52. The number of aliphatic hydroxyl groups excluding tert-OH is 1. The molecule has 2 aromatic carbocycles. The lowest BCUT2D eigenvalue weighted by Gasteiger charge is -2.22. The van der Waals surface area contributed by atoms with Crippen molar-refractivity contribution in [1.29, 1.82) is 0 Å². The van der Waals surface area contributed by atoms with Crippen molar-refractivity contribution in [2.45, 2.75) is 31.5 Å². The van der Waals surface area contributed by atoms with E-state index in [1.807, 2.05) is 30.3 Å². The molecule has 0 saturated carbocycles. The summed E-state index contributed by atoms with van der Waals surface area (Å²) < 4.78 is 49.1. The van der Waals surface area contributed by atoms with Crippen LogP contribution in [-0.4, -0.2) is 76.8 Å². The lowest BCUT2D eigenvalue weighted by molar-refractivity contribution is -0.143. The number of hydrogen-bond acceptors (Lipinski definition) is 13. The number of nitrogens with one attached hydrogen (secondary N) is 1. The van der Waals surface area contributed by atoms with Crippen LogP contribution in [0.25, 0.3) is 11.2 Å². The normalized spacial score (nSPS) is 21.0. The van der Waals surface area contributed by atoms with Crippen LogP contribution in [0.4, 0.5) is 5.95 Å². The van der Waals surface area contributed by atoms with Gasteiger partial charge in [0.25, 0.3) is 0 Å². The fraction of sp³-hybridized carbons (Fsp3) is 0.379. The van der Waals surface area contributed by atoms with Crippen molar-refractivity contribution < 1.29 is 42.5 Å². The van der Waals surface area contributed by atoms with Crippen LogP contribution < -0.4 is 20.1 Å². The van der Waals surface area contributed by atoms with Crippen molar-refractivity contribution >= 4 is 30.8 Å². The van der Waals surface area contributed by atoms with E-state index in [9.17, 15) is 14.5 Å². The summed E-state index contributed by atoms with van der Waals surface area (Å²) in [5, 5.41) is 13.9. The number of carbonyl (C=O) groups is 1. The molecule has 3 heterocycles. The number of aromatic nitrogens is 4. The second-order valence-electron chi connectivity index (χ2n) is 10.1. The Morgan fingerprint density at radius 3 is 2.56 bits per heavy atom. The van der Waals surface area contributed by atoms with E-state index in [4.69, 9.17) is 33.7 Å². The summed E-state index contributed by atoms with van der Waals surface area (Å²) in [6.07, 6.45) is -0.920. The monoisotopic (exact) mass is 642 g/mol. The molecular formula is C29H35N6O9P. The molecule has 4 aromatic rings. The Balaban J connectivity index is 1.31. The molecular weight excluding hydrogens is 607 g/mol. The lowest BCUT2D eigenvalue weighted by atomic mass is 9.96. The number of rotatable bonds is 15. The zero-order valence-electron chi connectivity index (χ0n) is 24.7. The molecule has 1 saturated heterocycles. The number of benzene rings is 2. The quantitative estimate of drug-likeness (QED) is 0.127. The molecule has 5 rings (SSSR count). The molecule has 3 unspecified atom stereocenters. The number of nitrogens with zero attached hydrogens (tertiary/aromatic N) is 4. The smallest absolute Gasteiger partial charge is 0.459 e. The first-order valence-corrected chi connectivity index (χ1v) is 15.6. The van der Waals surface area contributed by atoms with Crippen molar-refractivity contribution in [2.75, 3.05) is 39.7 Å². The number of anilines is 1. The van der Waals surface area contributed by atoms with Gasteiger partial charge in [0.05, 0.1) is 26.1 Å². The standard InChI is InChI=1S/C29H35N6O9P/c1-39-14-13-21-25(37)22(43-28(21)35-18-31-24-26(35)33-29(30)34-27(24)40-2)17-42-45(38,44-20-11-7-4-8-12-20)32-15-23(36)41-16-19-9-5-3-6-10-19/h3-12,18,21-22,25,28,37H,13-17H2,1-2H3,(H,32,38)(H2,30,33,34)/t21-,22?,25-,28?,45?/m0/s1. The van der Waals surface area contributed by atoms with Crippen LogP contribution in [0.5, 0.6) is 11.6 Å². The van der Waals surface area contributed by atoms with Crippen LogP contribution in [0.1, 0.15) is 18.2 Å². The summed E-state index contributed by atoms with van der Waals surface area (Å²) >= 11 is 0. The van der Waals surface area contributed by atoms with E-state index in [0.717, 1.165) is 5.56 Å². The molecule has 1 aliphatic heterocycles. The van der Waals surface area contributed by atoms with E-state index in [0.29, 0.717) is 24.2 Å². The SMILES string of the molecule is COCC[C@@H]1C(n2cnc3c(OC)nc(N)nc32)OC(COP(=O)(NCC(=O)OCc2ccccc2)Oc2ccccc2)[C@H]1O. The molecule has 0 amide bonds. The van der Waals surface area contributed by atoms with Gasteiger partial charge < -0.3 is 34.3 Å². The van der Waals surface area contributed by atoms with Gasteiger partial charge >= 0.3 is 13.7 Å². The van der Waals surface area contributed by atoms with Crippen LogP contribution in [0.15, 0.2) is 67.0 Å². The second-order valence-corrected chi connectivity index (χ2v) is 11.8. The third-order valence-corrected chi connectivity index (χ3v) is 8.55. The molecule has 5 atom stereocenters. The molecule has 0 aliphatic carbocycles. The van der Waals surface area contributed by atoms with Gasteiger partial charge in [-0.2, -0.15) is 9.97 Å². The molecule has 1 fully saturated rings. The molecule has 0 spiro atoms. The van der Waals surface area contributed by atoms with Gasteiger partial charge in [-0.05, 0) is 24.1 Å². The van der Waals surface area contributed by atoms with E-state index in [1.54, 1.807) is 42.0 Å². The number of fused-ring (bicyclic) bond motifs is 1. The zero-order valence-corrected chi connectivity index (χ0v) is 25.6. The van der Waals surface area contributed by atoms with Gasteiger partial charge in [0, 0.05) is 19.6 Å². The van der Waals surface area contributed by atoms with Crippen LogP contribution in [0.3, 0.4) is 0 Å². The summed E-state index contributed by atoms with van der Waals surface area (Å²) in [5.74, 6) is -0.769. The topological polar surface area (TPSA) is 191 Å². The maximum Gasteiger partial charge on any atom is 0.459 e. The molecule has 16 heteroatoms. The van der Waals surface area contributed by atoms with Gasteiger partial charge in [0.2, 0.25) is 11.8 Å². The van der Waals surface area contributed by atoms with Crippen molar-refractivity contribution in [2.24, 2.45) is 5.92 Å². The predicted octanol–water partition coefficient (Wildman–Crippen LogP) is 2.86. The second kappa shape index (κ2) is 14.8. The number of esters is 1. The van der Waals surface area contributed by atoms with Gasteiger partial charge in [-0.1, -0.05) is 48.5 Å². The van der Waals surface area contributed by atoms with Crippen molar-refractivity contribution in [3.63, 3.8) is 0 Å². The number of nitrogens with two attached hydrogens (primary N) is 1. The number of para-hydroxylation sites is 1. The maximum atomic E-state index is 13.9. The minimum Gasteiger partial charge on any atom is -0.479 e. The summed E-state index contributed by atoms with van der Waals surface area (Å²) in [7, 11) is -1.19. The summed E-state index contributed by atoms with van der Waals surface area (Å²) in [5.41, 5.74) is 7.40. The van der Waals surface area contributed by atoms with E-state index in [-0.39, 0.29) is 30.8 Å². The highest BCUT2D eigenvalue weighted by Gasteiger charge is 2.46. The molecule has 2 aromatic heterocycles. The van der Waals surface area contributed by atoms with Crippen LogP contribution in [0.2, 0.25) is 0 Å². The molecule has 0 bridgehead atoms. The first-order valence-electron chi connectivity index (χ1n) is 14.1. The van der Waals surface area contributed by atoms with E-state index < -0.39 is 44.6 Å². The fourth-order valence-corrected chi connectivity index (χ4v) is 6.14. The minimum atomic E-state index is -4.19. The first-order chi connectivity index (χ1) is 21.8. The van der Waals surface area contributed by atoms with E-state index in [1.165, 1.54) is 13.4 Å². The number of nitrogen functional groups attached to an aromatic ring is 1. The lowest BCUT2D eigenvalue weighted by Crippen LogP contribution is -2.32. The van der Waals surface area contributed by atoms with Gasteiger partial charge in [-0.25, -0.2) is 14.6 Å². The number of methoxy groups -OCH3 is 2. The summed E-state index contributed by atoms with van der Waals surface area (Å²) in [4.78, 5) is 25.2. The third-order valence-electron chi connectivity index (χ3n) is 7.07. The predicted molar refractivity (Wildman–Crippen MR) is 161 cm³/mol. The van der Waals surface area contributed by atoms with Crippen LogP contribution in [0, 0.1) is 5.92 Å². The van der Waals surface area contributed by atoms with Crippen molar-refractivity contribution in [3.8, 4) is 11.6 Å². The third kappa shape index (κ3) is 7.95. The molecule has 0 radical (unpaired) electrons. The number of aliphatic hydroxyl groups is 1. The molecule has 45 heavy (non-hydrogen) atoms. The summed E-state index contributed by atoms with van der Waals surface area (Å²) in [6.45, 7) is -0.452. The molecule has 15 nitrogen and oxygen atoms in total. The highest BCUT2D eigenvalue weighted by atomic mass is 31.2. The summed E-state index contributed by atoms with van der Waals surface area (Å²) in [6, 6.07) is 17.5. The Kier molecular flexibility index (Phi) is 10.6. The number of imidazole rings is 1. The Hall–Kier alpha value is -4.11. The highest BCUT2D eigenvalue weighted by Crippen LogP contribution is 2.46. The number of ether oxygens (including phenoxy) is 4. The fourth-order valence-electron chi connectivity index (χ4n) is 4.86. The maximum absolute atomic E-state index is 13.9. The number of hydrogen-bond donors (Lipinski definition) is 3. The zero-order chi connectivity index (χ0) is 31.8. The Bertz CT molecular complexity index is 1610. The molecule has 1 aliphatic rings. The minimum absolute atomic E-state index is 0.0275. The average Bonchev–Trinajstić information content (AvgIpc) is 3.61. The average molecular weight is 643 g/mol. The first kappa shape index (κ1) is 32.3. The van der Waals surface area contributed by atoms with Gasteiger partial charge in [-0.3, -0.25) is 13.9 Å². The Morgan fingerprint density at radius 2 is 1.84 bits per heavy atom. The molecule has 240 valence electrons. The van der Waals surface area contributed by atoms with Crippen molar-refractivity contribution in [1.82, 2.24) is 24.6 Å². The van der Waals surface area contributed by atoms with Gasteiger partial charge in [-0.15, -0.1) is 0 Å². The van der Waals surface area contributed by atoms with E-state index >= 15 is 0 Å². The largest absolute Gasteiger partial charge is 0.479 e. The van der Waals surface area contributed by atoms with Gasteiger partial charge in [0.1, 0.15) is 31.2 Å². The molecule has 4 N–H and O–H groups in total. The van der Waals surface area contributed by atoms with Crippen LogP contribution in [-0.2, 0) is 34.7 Å². The van der Waals surface area contributed by atoms with Crippen molar-refractivity contribution in [3.05, 3.63) is 72.6 Å². The van der Waals surface area contributed by atoms with Gasteiger partial charge in [0.15, 0.2) is 11.2 Å². The Labute approximate surface area is 259 Å². The Morgan fingerprint density at radius 1 is 1.11 bits per heavy atom. The van der Waals surface area contributed by atoms with Crippen LogP contribution >= 0.6 is 7.75 Å². The van der Waals surface area contributed by atoms with E-state index in [2.05, 4.69) is 20.0 Å².